The number of amides is 2. The van der Waals surface area contributed by atoms with Crippen LogP contribution < -0.4 is 11.1 Å². The van der Waals surface area contributed by atoms with Gasteiger partial charge in [0.2, 0.25) is 5.91 Å². The highest BCUT2D eigenvalue weighted by molar-refractivity contribution is 7.12. The number of carboxylic acid groups (broad SMARTS) is 1. The van der Waals surface area contributed by atoms with E-state index in [1.807, 2.05) is 13.0 Å². The van der Waals surface area contributed by atoms with Crippen molar-refractivity contribution in [2.24, 2.45) is 5.73 Å². The first-order valence-electron chi connectivity index (χ1n) is 5.84. The molecule has 1 unspecified atom stereocenters. The molecular formula is C12H16N2O4S. The van der Waals surface area contributed by atoms with Gasteiger partial charge in [-0.1, -0.05) is 6.92 Å². The first kappa shape index (κ1) is 15.2. The van der Waals surface area contributed by atoms with Crippen LogP contribution in [-0.4, -0.2) is 28.9 Å². The van der Waals surface area contributed by atoms with Crippen LogP contribution in [-0.2, 0) is 16.0 Å². The van der Waals surface area contributed by atoms with Gasteiger partial charge < -0.3 is 16.2 Å². The normalized spacial score (nSPS) is 11.8. The quantitative estimate of drug-likeness (QED) is 0.686. The minimum atomic E-state index is -1.18. The lowest BCUT2D eigenvalue weighted by Gasteiger charge is -2.13. The van der Waals surface area contributed by atoms with E-state index in [9.17, 15) is 14.4 Å². The number of hydrogen-bond acceptors (Lipinski definition) is 4. The van der Waals surface area contributed by atoms with Crippen LogP contribution in [0.4, 0.5) is 0 Å². The number of primary amides is 1. The van der Waals surface area contributed by atoms with Gasteiger partial charge in [-0.3, -0.25) is 9.59 Å². The molecule has 0 aliphatic heterocycles. The second-order valence-electron chi connectivity index (χ2n) is 4.00. The topological polar surface area (TPSA) is 109 Å². The summed E-state index contributed by atoms with van der Waals surface area (Å²) in [6, 6.07) is 0.727. The predicted molar refractivity (Wildman–Crippen MR) is 71.0 cm³/mol. The molecule has 104 valence electrons. The Kier molecular flexibility index (Phi) is 5.50. The third kappa shape index (κ3) is 4.36. The number of nitrogens with two attached hydrogens (primary N) is 1. The molecule has 0 aliphatic rings. The van der Waals surface area contributed by atoms with Crippen LogP contribution >= 0.6 is 11.3 Å². The number of thiophene rings is 1. The third-order valence-corrected chi connectivity index (χ3v) is 3.57. The molecule has 0 aromatic carbocycles. The number of carbonyl (C=O) groups is 3. The molecule has 1 atom stereocenters. The molecule has 0 saturated heterocycles. The molecule has 0 bridgehead atoms. The molecule has 1 rings (SSSR count). The van der Waals surface area contributed by atoms with E-state index in [0.29, 0.717) is 11.3 Å². The molecule has 0 aliphatic carbocycles. The Balaban J connectivity index is 2.71. The van der Waals surface area contributed by atoms with Crippen molar-refractivity contribution in [1.29, 1.82) is 0 Å². The summed E-state index contributed by atoms with van der Waals surface area (Å²) in [4.78, 5) is 34.1. The van der Waals surface area contributed by atoms with E-state index >= 15 is 0 Å². The average Bonchev–Trinajstić information content (AvgIpc) is 2.81. The monoisotopic (exact) mass is 284 g/mol. The van der Waals surface area contributed by atoms with Crippen molar-refractivity contribution in [2.75, 3.05) is 0 Å². The van der Waals surface area contributed by atoms with Crippen molar-refractivity contribution in [3.8, 4) is 0 Å². The smallest absolute Gasteiger partial charge is 0.326 e. The third-order valence-electron chi connectivity index (χ3n) is 2.62. The lowest BCUT2D eigenvalue weighted by molar-refractivity contribution is -0.139. The van der Waals surface area contributed by atoms with Crippen LogP contribution in [0.3, 0.4) is 0 Å². The predicted octanol–water partition coefficient (Wildman–Crippen LogP) is 0.759. The zero-order chi connectivity index (χ0) is 14.4. The molecule has 0 radical (unpaired) electrons. The van der Waals surface area contributed by atoms with Crippen LogP contribution in [0.2, 0.25) is 0 Å². The van der Waals surface area contributed by atoms with E-state index in [1.54, 1.807) is 5.38 Å². The van der Waals surface area contributed by atoms with E-state index in [1.165, 1.54) is 11.3 Å². The number of carbonyl (C=O) groups excluding carboxylic acids is 2. The van der Waals surface area contributed by atoms with E-state index in [4.69, 9.17) is 10.8 Å². The summed E-state index contributed by atoms with van der Waals surface area (Å²) < 4.78 is 0. The maximum Gasteiger partial charge on any atom is 0.326 e. The fourth-order valence-electron chi connectivity index (χ4n) is 1.58. The minimum absolute atomic E-state index is 0.0107. The zero-order valence-electron chi connectivity index (χ0n) is 10.5. The standard InChI is InChI=1S/C12H16N2O4S/c1-2-7-5-6-19-10(7)11(16)14-8(12(17)18)3-4-9(13)15/h5-6,8H,2-4H2,1H3,(H2,13,15)(H,14,16)(H,17,18). The summed E-state index contributed by atoms with van der Waals surface area (Å²) in [5.74, 6) is -2.20. The first-order chi connectivity index (χ1) is 8.95. The Labute approximate surface area is 114 Å². The molecule has 1 aromatic heterocycles. The van der Waals surface area contributed by atoms with Gasteiger partial charge >= 0.3 is 5.97 Å². The maximum absolute atomic E-state index is 12.0. The second-order valence-corrected chi connectivity index (χ2v) is 4.91. The van der Waals surface area contributed by atoms with Crippen LogP contribution in [0, 0.1) is 0 Å². The number of aliphatic carboxylic acids is 1. The Hall–Kier alpha value is -1.89. The van der Waals surface area contributed by atoms with Gasteiger partial charge in [0.15, 0.2) is 0 Å². The van der Waals surface area contributed by atoms with E-state index < -0.39 is 23.8 Å². The molecule has 7 heteroatoms. The Morgan fingerprint density at radius 2 is 2.16 bits per heavy atom. The highest BCUT2D eigenvalue weighted by Crippen LogP contribution is 2.17. The molecular weight excluding hydrogens is 268 g/mol. The van der Waals surface area contributed by atoms with Crippen LogP contribution in [0.5, 0.6) is 0 Å². The lowest BCUT2D eigenvalue weighted by atomic mass is 10.1. The molecule has 4 N–H and O–H groups in total. The number of aryl methyl sites for hydroxylation is 1. The van der Waals surface area contributed by atoms with Gasteiger partial charge in [-0.2, -0.15) is 0 Å². The summed E-state index contributed by atoms with van der Waals surface area (Å²) in [5.41, 5.74) is 5.85. The largest absolute Gasteiger partial charge is 0.480 e. The molecule has 0 fully saturated rings. The summed E-state index contributed by atoms with van der Waals surface area (Å²) in [6.45, 7) is 1.92. The van der Waals surface area contributed by atoms with Crippen molar-refractivity contribution in [2.45, 2.75) is 32.2 Å². The fourth-order valence-corrected chi connectivity index (χ4v) is 2.48. The molecule has 0 spiro atoms. The van der Waals surface area contributed by atoms with Crippen molar-refractivity contribution >= 4 is 29.1 Å². The highest BCUT2D eigenvalue weighted by atomic mass is 32.1. The van der Waals surface area contributed by atoms with Gasteiger partial charge in [0.25, 0.3) is 5.91 Å². The molecule has 0 saturated carbocycles. The molecule has 1 aromatic rings. The van der Waals surface area contributed by atoms with Gasteiger partial charge in [-0.15, -0.1) is 11.3 Å². The fraction of sp³-hybridized carbons (Fsp3) is 0.417. The summed E-state index contributed by atoms with van der Waals surface area (Å²) in [7, 11) is 0. The zero-order valence-corrected chi connectivity index (χ0v) is 11.3. The SMILES string of the molecule is CCc1ccsc1C(=O)NC(CCC(N)=O)C(=O)O. The van der Waals surface area contributed by atoms with Crippen molar-refractivity contribution < 1.29 is 19.5 Å². The van der Waals surface area contributed by atoms with Gasteiger partial charge in [0.1, 0.15) is 6.04 Å². The van der Waals surface area contributed by atoms with Crippen molar-refractivity contribution in [1.82, 2.24) is 5.32 Å². The van der Waals surface area contributed by atoms with Crippen LogP contribution in [0.15, 0.2) is 11.4 Å². The van der Waals surface area contributed by atoms with Crippen molar-refractivity contribution in [3.63, 3.8) is 0 Å². The number of rotatable bonds is 7. The summed E-state index contributed by atoms with van der Waals surface area (Å²) in [5, 5.41) is 13.2. The van der Waals surface area contributed by atoms with E-state index in [0.717, 1.165) is 5.56 Å². The van der Waals surface area contributed by atoms with Gasteiger partial charge in [0.05, 0.1) is 4.88 Å². The molecule has 2 amide bonds. The maximum atomic E-state index is 12.0. The summed E-state index contributed by atoms with van der Waals surface area (Å²) >= 11 is 1.26. The summed E-state index contributed by atoms with van der Waals surface area (Å²) in [6.07, 6.45) is 0.608. The highest BCUT2D eigenvalue weighted by Gasteiger charge is 2.22. The molecule has 19 heavy (non-hydrogen) atoms. The first-order valence-corrected chi connectivity index (χ1v) is 6.72. The molecule has 1 heterocycles. The second kappa shape index (κ2) is 6.89. The Bertz CT molecular complexity index is 484. The van der Waals surface area contributed by atoms with E-state index in [-0.39, 0.29) is 12.8 Å². The van der Waals surface area contributed by atoms with Crippen LogP contribution in [0.1, 0.15) is 35.0 Å². The van der Waals surface area contributed by atoms with Gasteiger partial charge in [0, 0.05) is 6.42 Å². The number of hydrogen-bond donors (Lipinski definition) is 3. The average molecular weight is 284 g/mol. The lowest BCUT2D eigenvalue weighted by Crippen LogP contribution is -2.41. The minimum Gasteiger partial charge on any atom is -0.480 e. The Morgan fingerprint density at radius 1 is 1.47 bits per heavy atom. The molecule has 6 nitrogen and oxygen atoms in total. The van der Waals surface area contributed by atoms with Crippen LogP contribution in [0.25, 0.3) is 0 Å². The van der Waals surface area contributed by atoms with Gasteiger partial charge in [-0.05, 0) is 29.9 Å². The van der Waals surface area contributed by atoms with Gasteiger partial charge in [-0.25, -0.2) is 4.79 Å². The number of carboxylic acids is 1. The Morgan fingerprint density at radius 3 is 2.68 bits per heavy atom. The number of nitrogens with one attached hydrogen (secondary N) is 1. The van der Waals surface area contributed by atoms with E-state index in [2.05, 4.69) is 5.32 Å². The van der Waals surface area contributed by atoms with Crippen molar-refractivity contribution in [3.05, 3.63) is 21.9 Å².